The SMILES string of the molecule is C=C1c2ccc(Cl)cc2C=Cn2c1nnc2[S+](C)[O-]. The highest BCUT2D eigenvalue weighted by molar-refractivity contribution is 7.90. The van der Waals surface area contributed by atoms with Crippen molar-refractivity contribution in [3.8, 4) is 0 Å². The minimum atomic E-state index is -1.21. The molecule has 0 saturated carbocycles. The van der Waals surface area contributed by atoms with Gasteiger partial charge in [0.15, 0.2) is 5.82 Å². The van der Waals surface area contributed by atoms with E-state index in [2.05, 4.69) is 16.8 Å². The zero-order valence-electron chi connectivity index (χ0n) is 10.1. The van der Waals surface area contributed by atoms with Gasteiger partial charge in [-0.05, 0) is 29.3 Å². The molecule has 6 heteroatoms. The van der Waals surface area contributed by atoms with Crippen molar-refractivity contribution in [1.82, 2.24) is 14.8 Å². The van der Waals surface area contributed by atoms with E-state index in [0.717, 1.165) is 16.7 Å². The molecule has 3 rings (SSSR count). The van der Waals surface area contributed by atoms with Gasteiger partial charge in [0.05, 0.1) is 0 Å². The van der Waals surface area contributed by atoms with Gasteiger partial charge in [-0.15, -0.1) is 5.10 Å². The molecule has 19 heavy (non-hydrogen) atoms. The van der Waals surface area contributed by atoms with Crippen LogP contribution in [0, 0.1) is 0 Å². The van der Waals surface area contributed by atoms with Crippen molar-refractivity contribution in [1.29, 1.82) is 0 Å². The smallest absolute Gasteiger partial charge is 0.347 e. The van der Waals surface area contributed by atoms with Crippen LogP contribution in [-0.2, 0) is 11.2 Å². The number of hydrogen-bond acceptors (Lipinski definition) is 3. The van der Waals surface area contributed by atoms with Crippen LogP contribution in [0.4, 0.5) is 0 Å². The lowest BCUT2D eigenvalue weighted by Gasteiger charge is -2.06. The van der Waals surface area contributed by atoms with E-state index in [1.807, 2.05) is 24.3 Å². The lowest BCUT2D eigenvalue weighted by Crippen LogP contribution is -2.06. The molecule has 0 amide bonds. The first-order valence-electron chi connectivity index (χ1n) is 5.53. The Labute approximate surface area is 118 Å². The molecule has 1 aliphatic heterocycles. The standard InChI is InChI=1S/C13H10ClN3OS/c1-8-11-4-3-10(14)7-9(11)5-6-17-12(8)15-16-13(17)19(2)18/h3-7H,1H2,2H3. The summed E-state index contributed by atoms with van der Waals surface area (Å²) in [5, 5.41) is 9.10. The predicted molar refractivity (Wildman–Crippen MR) is 77.2 cm³/mol. The fraction of sp³-hybridized carbons (Fsp3) is 0.0769. The first-order valence-corrected chi connectivity index (χ1v) is 7.47. The van der Waals surface area contributed by atoms with Gasteiger partial charge in [0, 0.05) is 28.0 Å². The minimum absolute atomic E-state index is 0.409. The molecule has 0 aliphatic carbocycles. The fourth-order valence-corrected chi connectivity index (χ4v) is 2.80. The molecule has 2 aromatic rings. The third-order valence-corrected chi connectivity index (χ3v) is 3.96. The Morgan fingerprint density at radius 1 is 1.37 bits per heavy atom. The quantitative estimate of drug-likeness (QED) is 0.648. The maximum Gasteiger partial charge on any atom is 0.347 e. The molecule has 0 bridgehead atoms. The Hall–Kier alpha value is -1.56. The third-order valence-electron chi connectivity index (χ3n) is 2.93. The zero-order valence-corrected chi connectivity index (χ0v) is 11.7. The molecule has 96 valence electrons. The number of aromatic nitrogens is 3. The van der Waals surface area contributed by atoms with Gasteiger partial charge in [0.1, 0.15) is 6.26 Å². The average Bonchev–Trinajstić information content (AvgIpc) is 2.74. The molecule has 0 spiro atoms. The Bertz CT molecular complexity index is 706. The van der Waals surface area contributed by atoms with E-state index in [4.69, 9.17) is 11.6 Å². The van der Waals surface area contributed by atoms with Gasteiger partial charge in [-0.25, -0.2) is 4.57 Å². The molecule has 1 aliphatic rings. The summed E-state index contributed by atoms with van der Waals surface area (Å²) in [6.07, 6.45) is 5.25. The Balaban J connectivity index is 2.23. The first kappa shape index (κ1) is 12.5. The Morgan fingerprint density at radius 3 is 2.89 bits per heavy atom. The number of nitrogens with zero attached hydrogens (tertiary/aromatic N) is 3. The summed E-state index contributed by atoms with van der Waals surface area (Å²) in [6, 6.07) is 5.57. The molecule has 0 fully saturated rings. The molecule has 1 atom stereocenters. The van der Waals surface area contributed by atoms with Crippen molar-refractivity contribution < 1.29 is 4.55 Å². The third kappa shape index (κ3) is 2.00. The molecule has 1 aromatic heterocycles. The van der Waals surface area contributed by atoms with Crippen molar-refractivity contribution in [2.75, 3.05) is 6.26 Å². The van der Waals surface area contributed by atoms with Crippen molar-refractivity contribution in [3.63, 3.8) is 0 Å². The van der Waals surface area contributed by atoms with Gasteiger partial charge in [0.2, 0.25) is 0 Å². The number of halogens is 1. The molecular weight excluding hydrogens is 282 g/mol. The van der Waals surface area contributed by atoms with E-state index >= 15 is 0 Å². The number of fused-ring (bicyclic) bond motifs is 2. The van der Waals surface area contributed by atoms with E-state index < -0.39 is 11.2 Å². The normalized spacial score (nSPS) is 14.8. The van der Waals surface area contributed by atoms with Gasteiger partial charge in [0.25, 0.3) is 0 Å². The monoisotopic (exact) mass is 291 g/mol. The van der Waals surface area contributed by atoms with E-state index in [0.29, 0.717) is 16.0 Å². The van der Waals surface area contributed by atoms with Crippen LogP contribution in [0.3, 0.4) is 0 Å². The predicted octanol–water partition coefficient (Wildman–Crippen LogP) is 2.67. The van der Waals surface area contributed by atoms with Gasteiger partial charge >= 0.3 is 5.16 Å². The zero-order chi connectivity index (χ0) is 13.6. The van der Waals surface area contributed by atoms with E-state index in [-0.39, 0.29) is 0 Å². The number of rotatable bonds is 1. The van der Waals surface area contributed by atoms with E-state index in [1.54, 1.807) is 17.0 Å². The highest BCUT2D eigenvalue weighted by Gasteiger charge is 2.23. The fourth-order valence-electron chi connectivity index (χ4n) is 2.03. The van der Waals surface area contributed by atoms with E-state index in [9.17, 15) is 4.55 Å². The van der Waals surface area contributed by atoms with Crippen LogP contribution in [0.25, 0.3) is 17.8 Å². The van der Waals surface area contributed by atoms with Crippen LogP contribution < -0.4 is 0 Å². The number of benzene rings is 1. The van der Waals surface area contributed by atoms with Crippen LogP contribution >= 0.6 is 11.6 Å². The molecule has 2 heterocycles. The Kier molecular flexibility index (Phi) is 2.97. The van der Waals surface area contributed by atoms with Crippen molar-refractivity contribution in [2.45, 2.75) is 5.16 Å². The lowest BCUT2D eigenvalue weighted by molar-refractivity contribution is 0.589. The highest BCUT2D eigenvalue weighted by atomic mass is 35.5. The molecule has 0 N–H and O–H groups in total. The highest BCUT2D eigenvalue weighted by Crippen LogP contribution is 2.31. The molecule has 0 saturated heterocycles. The van der Waals surface area contributed by atoms with Crippen LogP contribution in [0.15, 0.2) is 29.9 Å². The first-order chi connectivity index (χ1) is 9.08. The summed E-state index contributed by atoms with van der Waals surface area (Å²) in [5.74, 6) is 0.600. The summed E-state index contributed by atoms with van der Waals surface area (Å²) in [6.45, 7) is 4.05. The second kappa shape index (κ2) is 4.52. The topological polar surface area (TPSA) is 53.8 Å². The summed E-state index contributed by atoms with van der Waals surface area (Å²) in [5.41, 5.74) is 2.64. The van der Waals surface area contributed by atoms with E-state index in [1.165, 1.54) is 0 Å². The maximum atomic E-state index is 11.6. The molecule has 4 nitrogen and oxygen atoms in total. The van der Waals surface area contributed by atoms with Gasteiger partial charge < -0.3 is 4.55 Å². The lowest BCUT2D eigenvalue weighted by atomic mass is 10.0. The van der Waals surface area contributed by atoms with Crippen LogP contribution in [0.2, 0.25) is 5.02 Å². The molecular formula is C13H10ClN3OS. The molecule has 0 radical (unpaired) electrons. The second-order valence-electron chi connectivity index (χ2n) is 4.16. The average molecular weight is 292 g/mol. The van der Waals surface area contributed by atoms with Crippen LogP contribution in [-0.4, -0.2) is 25.6 Å². The summed E-state index contributed by atoms with van der Waals surface area (Å²) >= 11 is 4.79. The van der Waals surface area contributed by atoms with Gasteiger partial charge in [-0.3, -0.25) is 0 Å². The largest absolute Gasteiger partial charge is 0.609 e. The Morgan fingerprint density at radius 2 is 2.16 bits per heavy atom. The number of hydrogen-bond donors (Lipinski definition) is 0. The summed E-state index contributed by atoms with van der Waals surface area (Å²) < 4.78 is 13.3. The van der Waals surface area contributed by atoms with Gasteiger partial charge in [-0.2, -0.15) is 0 Å². The molecule has 1 unspecified atom stereocenters. The van der Waals surface area contributed by atoms with Crippen molar-refractivity contribution >= 4 is 40.6 Å². The summed E-state index contributed by atoms with van der Waals surface area (Å²) in [7, 11) is 0. The molecule has 1 aromatic carbocycles. The van der Waals surface area contributed by atoms with Crippen LogP contribution in [0.1, 0.15) is 17.0 Å². The minimum Gasteiger partial charge on any atom is -0.609 e. The van der Waals surface area contributed by atoms with Crippen molar-refractivity contribution in [2.24, 2.45) is 0 Å². The van der Waals surface area contributed by atoms with Gasteiger partial charge in [-0.1, -0.05) is 29.3 Å². The second-order valence-corrected chi connectivity index (χ2v) is 5.87. The van der Waals surface area contributed by atoms with Crippen LogP contribution in [0.5, 0.6) is 0 Å². The maximum absolute atomic E-state index is 11.6. The summed E-state index contributed by atoms with van der Waals surface area (Å²) in [4.78, 5) is 0. The van der Waals surface area contributed by atoms with Crippen molar-refractivity contribution in [3.05, 3.63) is 46.8 Å².